The average Bonchev–Trinajstić information content (AvgIpc) is 2.45. The smallest absolute Gasteiger partial charge is 0.180 e. The van der Waals surface area contributed by atoms with Gasteiger partial charge in [0, 0.05) is 10.4 Å². The van der Waals surface area contributed by atoms with Gasteiger partial charge < -0.3 is 9.47 Å². The second-order valence-electron chi connectivity index (χ2n) is 4.16. The summed E-state index contributed by atoms with van der Waals surface area (Å²) >= 11 is 15.5. The van der Waals surface area contributed by atoms with Gasteiger partial charge >= 0.3 is 0 Å². The molecular formula is C15H13BrCl2O2. The first-order valence-electron chi connectivity index (χ1n) is 5.93. The number of ether oxygens (including phenoxy) is 2. The minimum absolute atomic E-state index is 0.377. The van der Waals surface area contributed by atoms with Crippen LogP contribution in [0.5, 0.6) is 11.5 Å². The van der Waals surface area contributed by atoms with E-state index < -0.39 is 0 Å². The largest absolute Gasteiger partial charge is 0.493 e. The van der Waals surface area contributed by atoms with E-state index in [-0.39, 0.29) is 0 Å². The van der Waals surface area contributed by atoms with Crippen LogP contribution in [0.4, 0.5) is 0 Å². The molecule has 0 heterocycles. The lowest BCUT2D eigenvalue weighted by Gasteiger charge is -2.13. The number of hydrogen-bond acceptors (Lipinski definition) is 2. The van der Waals surface area contributed by atoms with Crippen molar-refractivity contribution in [2.75, 3.05) is 7.11 Å². The molecular weight excluding hydrogens is 363 g/mol. The molecule has 0 aliphatic heterocycles. The molecule has 2 aromatic carbocycles. The average molecular weight is 376 g/mol. The third-order valence-electron chi connectivity index (χ3n) is 2.72. The van der Waals surface area contributed by atoms with Crippen LogP contribution in [0.25, 0.3) is 0 Å². The Bertz CT molecular complexity index is 602. The van der Waals surface area contributed by atoms with Crippen molar-refractivity contribution in [2.24, 2.45) is 0 Å². The molecule has 0 aliphatic carbocycles. The molecule has 0 bridgehead atoms. The summed E-state index contributed by atoms with van der Waals surface area (Å²) in [7, 11) is 1.58. The third-order valence-corrected chi connectivity index (χ3v) is 3.80. The predicted molar refractivity (Wildman–Crippen MR) is 86.0 cm³/mol. The Morgan fingerprint density at radius 1 is 1.15 bits per heavy atom. The molecule has 0 fully saturated rings. The molecule has 0 unspecified atom stereocenters. The summed E-state index contributed by atoms with van der Waals surface area (Å²) in [6, 6.07) is 11.5. The molecule has 2 nitrogen and oxygen atoms in total. The number of rotatable bonds is 5. The predicted octanol–water partition coefficient (Wildman–Crippen LogP) is 5.43. The van der Waals surface area contributed by atoms with E-state index in [1.165, 1.54) is 0 Å². The van der Waals surface area contributed by atoms with Crippen LogP contribution in [-0.4, -0.2) is 7.11 Å². The molecule has 0 spiro atoms. The molecule has 20 heavy (non-hydrogen) atoms. The van der Waals surface area contributed by atoms with Crippen molar-refractivity contribution in [3.05, 3.63) is 57.0 Å². The standard InChI is InChI=1S/C15H13BrCl2O2/c1-19-14-7-11(8-17)6-13(18)15(14)20-9-10-3-2-4-12(16)5-10/h2-7H,8-9H2,1H3. The summed E-state index contributed by atoms with van der Waals surface area (Å²) in [6.45, 7) is 0.412. The van der Waals surface area contributed by atoms with Crippen molar-refractivity contribution in [2.45, 2.75) is 12.5 Å². The number of hydrogen-bond donors (Lipinski definition) is 0. The van der Waals surface area contributed by atoms with Crippen LogP contribution in [0.1, 0.15) is 11.1 Å². The van der Waals surface area contributed by atoms with E-state index in [0.717, 1.165) is 15.6 Å². The van der Waals surface area contributed by atoms with Gasteiger partial charge in [0.05, 0.1) is 12.1 Å². The highest BCUT2D eigenvalue weighted by Crippen LogP contribution is 2.37. The van der Waals surface area contributed by atoms with Crippen LogP contribution in [0.3, 0.4) is 0 Å². The molecule has 0 saturated carbocycles. The Labute approximate surface area is 136 Å². The minimum Gasteiger partial charge on any atom is -0.493 e. The summed E-state index contributed by atoms with van der Waals surface area (Å²) < 4.78 is 12.1. The van der Waals surface area contributed by atoms with Gasteiger partial charge in [-0.1, -0.05) is 39.7 Å². The van der Waals surface area contributed by atoms with Crippen LogP contribution < -0.4 is 9.47 Å². The Balaban J connectivity index is 2.20. The lowest BCUT2D eigenvalue weighted by molar-refractivity contribution is 0.284. The fourth-order valence-electron chi connectivity index (χ4n) is 1.77. The van der Waals surface area contributed by atoms with Crippen LogP contribution in [0.2, 0.25) is 5.02 Å². The Kier molecular flexibility index (Phi) is 5.58. The van der Waals surface area contributed by atoms with E-state index in [9.17, 15) is 0 Å². The molecule has 2 rings (SSSR count). The topological polar surface area (TPSA) is 18.5 Å². The van der Waals surface area contributed by atoms with E-state index >= 15 is 0 Å². The number of methoxy groups -OCH3 is 1. The second kappa shape index (κ2) is 7.21. The van der Waals surface area contributed by atoms with E-state index in [0.29, 0.717) is 29.0 Å². The first-order valence-corrected chi connectivity index (χ1v) is 7.64. The highest BCUT2D eigenvalue weighted by atomic mass is 79.9. The van der Waals surface area contributed by atoms with Gasteiger partial charge in [-0.25, -0.2) is 0 Å². The van der Waals surface area contributed by atoms with Gasteiger partial charge in [0.25, 0.3) is 0 Å². The molecule has 106 valence electrons. The molecule has 0 aliphatic rings. The van der Waals surface area contributed by atoms with E-state index in [1.54, 1.807) is 13.2 Å². The monoisotopic (exact) mass is 374 g/mol. The van der Waals surface area contributed by atoms with Crippen LogP contribution in [-0.2, 0) is 12.5 Å². The Morgan fingerprint density at radius 3 is 2.60 bits per heavy atom. The number of halogens is 3. The molecule has 0 aromatic heterocycles. The maximum atomic E-state index is 6.22. The summed E-state index contributed by atoms with van der Waals surface area (Å²) in [5.41, 5.74) is 1.93. The molecule has 0 amide bonds. The maximum Gasteiger partial charge on any atom is 0.180 e. The second-order valence-corrected chi connectivity index (χ2v) is 5.75. The van der Waals surface area contributed by atoms with Crippen molar-refractivity contribution in [3.63, 3.8) is 0 Å². The van der Waals surface area contributed by atoms with Crippen LogP contribution in [0, 0.1) is 0 Å². The Hall–Kier alpha value is -0.900. The van der Waals surface area contributed by atoms with E-state index in [1.807, 2.05) is 30.3 Å². The fourth-order valence-corrected chi connectivity index (χ4v) is 2.66. The molecule has 5 heteroatoms. The first-order chi connectivity index (χ1) is 9.63. The quantitative estimate of drug-likeness (QED) is 0.648. The summed E-state index contributed by atoms with van der Waals surface area (Å²) in [6.07, 6.45) is 0. The van der Waals surface area contributed by atoms with Gasteiger partial charge in [-0.3, -0.25) is 0 Å². The molecule has 0 atom stereocenters. The van der Waals surface area contributed by atoms with Gasteiger partial charge in [0.1, 0.15) is 6.61 Å². The highest BCUT2D eigenvalue weighted by molar-refractivity contribution is 9.10. The lowest BCUT2D eigenvalue weighted by Crippen LogP contribution is -1.99. The van der Waals surface area contributed by atoms with Crippen molar-refractivity contribution in [3.8, 4) is 11.5 Å². The van der Waals surface area contributed by atoms with E-state index in [2.05, 4.69) is 15.9 Å². The summed E-state index contributed by atoms with van der Waals surface area (Å²) in [5, 5.41) is 0.495. The lowest BCUT2D eigenvalue weighted by atomic mass is 10.2. The van der Waals surface area contributed by atoms with Gasteiger partial charge in [-0.2, -0.15) is 0 Å². The normalized spacial score (nSPS) is 10.4. The van der Waals surface area contributed by atoms with Crippen LogP contribution >= 0.6 is 39.1 Å². The van der Waals surface area contributed by atoms with Crippen LogP contribution in [0.15, 0.2) is 40.9 Å². The molecule has 0 saturated heterocycles. The van der Waals surface area contributed by atoms with Crippen molar-refractivity contribution < 1.29 is 9.47 Å². The fraction of sp³-hybridized carbons (Fsp3) is 0.200. The van der Waals surface area contributed by atoms with Gasteiger partial charge in [0.15, 0.2) is 11.5 Å². The number of alkyl halides is 1. The van der Waals surface area contributed by atoms with Crippen molar-refractivity contribution in [1.29, 1.82) is 0 Å². The van der Waals surface area contributed by atoms with Gasteiger partial charge in [-0.05, 0) is 35.4 Å². The Morgan fingerprint density at radius 2 is 1.95 bits per heavy atom. The third kappa shape index (κ3) is 3.81. The van der Waals surface area contributed by atoms with Gasteiger partial charge in [-0.15, -0.1) is 11.6 Å². The minimum atomic E-state index is 0.377. The highest BCUT2D eigenvalue weighted by Gasteiger charge is 2.12. The maximum absolute atomic E-state index is 6.22. The molecule has 2 aromatic rings. The van der Waals surface area contributed by atoms with Crippen molar-refractivity contribution >= 4 is 39.1 Å². The van der Waals surface area contributed by atoms with Gasteiger partial charge in [0.2, 0.25) is 0 Å². The SMILES string of the molecule is COc1cc(CCl)cc(Cl)c1OCc1cccc(Br)c1. The number of benzene rings is 2. The first kappa shape index (κ1) is 15.5. The zero-order valence-corrected chi connectivity index (χ0v) is 13.9. The summed E-state index contributed by atoms with van der Waals surface area (Å²) in [5.74, 6) is 1.49. The van der Waals surface area contributed by atoms with E-state index in [4.69, 9.17) is 32.7 Å². The molecule has 0 N–H and O–H groups in total. The zero-order valence-electron chi connectivity index (χ0n) is 10.8. The summed E-state index contributed by atoms with van der Waals surface area (Å²) in [4.78, 5) is 0. The zero-order chi connectivity index (χ0) is 14.5. The molecule has 0 radical (unpaired) electrons. The van der Waals surface area contributed by atoms with Crippen molar-refractivity contribution in [1.82, 2.24) is 0 Å².